The van der Waals surface area contributed by atoms with Gasteiger partial charge in [0.25, 0.3) is 5.91 Å². The summed E-state index contributed by atoms with van der Waals surface area (Å²) in [6, 6.07) is 11.3. The van der Waals surface area contributed by atoms with Gasteiger partial charge in [-0.2, -0.15) is 0 Å². The first-order valence-electron chi connectivity index (χ1n) is 9.39. The van der Waals surface area contributed by atoms with Gasteiger partial charge in [0.1, 0.15) is 0 Å². The number of amides is 1. The number of rotatable bonds is 7. The van der Waals surface area contributed by atoms with Gasteiger partial charge in [0.15, 0.2) is 11.5 Å². The third-order valence-corrected chi connectivity index (χ3v) is 6.28. The van der Waals surface area contributed by atoms with E-state index in [1.165, 1.54) is 24.3 Å². The summed E-state index contributed by atoms with van der Waals surface area (Å²) in [6.07, 6.45) is 1.72. The van der Waals surface area contributed by atoms with Gasteiger partial charge >= 0.3 is 0 Å². The van der Waals surface area contributed by atoms with Gasteiger partial charge in [-0.25, -0.2) is 13.1 Å². The predicted octanol–water partition coefficient (Wildman–Crippen LogP) is 1.80. The molecule has 1 atom stereocenters. The molecule has 1 fully saturated rings. The lowest BCUT2D eigenvalue weighted by molar-refractivity contribution is 0.0950. The van der Waals surface area contributed by atoms with E-state index >= 15 is 0 Å². The lowest BCUT2D eigenvalue weighted by Crippen LogP contribution is -2.31. The fourth-order valence-corrected chi connectivity index (χ4v) is 4.28. The maximum absolute atomic E-state index is 12.4. The van der Waals surface area contributed by atoms with Crippen molar-refractivity contribution in [2.24, 2.45) is 0 Å². The van der Waals surface area contributed by atoms with Gasteiger partial charge in [0.2, 0.25) is 16.8 Å². The van der Waals surface area contributed by atoms with Gasteiger partial charge in [-0.1, -0.05) is 6.07 Å². The molecule has 154 valence electrons. The van der Waals surface area contributed by atoms with E-state index in [2.05, 4.69) is 10.0 Å². The van der Waals surface area contributed by atoms with Crippen molar-refractivity contribution < 1.29 is 27.4 Å². The van der Waals surface area contributed by atoms with Gasteiger partial charge in [-0.3, -0.25) is 4.79 Å². The molecular formula is C20H22N2O6S. The van der Waals surface area contributed by atoms with E-state index < -0.39 is 10.0 Å². The van der Waals surface area contributed by atoms with Gasteiger partial charge < -0.3 is 19.5 Å². The molecular weight excluding hydrogens is 396 g/mol. The van der Waals surface area contributed by atoms with Crippen LogP contribution < -0.4 is 19.5 Å². The largest absolute Gasteiger partial charge is 0.454 e. The standard InChI is InChI=1S/C20H22N2O6S/c23-20(21-11-14-3-8-18-19(10-14)28-13-27-18)15-4-6-17(7-5-15)29(24,25)22-12-16-2-1-9-26-16/h3-8,10,16,22H,1-2,9,11-13H2,(H,21,23)/t16-/m1/s1. The lowest BCUT2D eigenvalue weighted by Gasteiger charge is -2.12. The molecule has 0 bridgehead atoms. The van der Waals surface area contributed by atoms with Gasteiger partial charge in [-0.15, -0.1) is 0 Å². The molecule has 0 unspecified atom stereocenters. The number of hydrogen-bond acceptors (Lipinski definition) is 6. The predicted molar refractivity (Wildman–Crippen MR) is 104 cm³/mol. The number of carbonyl (C=O) groups excluding carboxylic acids is 1. The van der Waals surface area contributed by atoms with Crippen molar-refractivity contribution in [3.63, 3.8) is 0 Å². The zero-order chi connectivity index (χ0) is 20.3. The molecule has 2 aromatic rings. The van der Waals surface area contributed by atoms with E-state index in [-0.39, 0.29) is 30.2 Å². The lowest BCUT2D eigenvalue weighted by atomic mass is 10.2. The van der Waals surface area contributed by atoms with Crippen LogP contribution in [0, 0.1) is 0 Å². The first kappa shape index (κ1) is 19.7. The highest BCUT2D eigenvalue weighted by Crippen LogP contribution is 2.32. The molecule has 0 spiro atoms. The maximum atomic E-state index is 12.4. The van der Waals surface area contributed by atoms with Gasteiger partial charge in [-0.05, 0) is 54.8 Å². The molecule has 2 heterocycles. The van der Waals surface area contributed by atoms with Crippen LogP contribution in [-0.2, 0) is 21.3 Å². The van der Waals surface area contributed by atoms with Crippen molar-refractivity contribution in [2.45, 2.75) is 30.4 Å². The number of carbonyl (C=O) groups is 1. The Labute approximate surface area is 169 Å². The Morgan fingerprint density at radius 2 is 1.86 bits per heavy atom. The summed E-state index contributed by atoms with van der Waals surface area (Å²) in [7, 11) is -3.64. The average molecular weight is 418 g/mol. The van der Waals surface area contributed by atoms with Crippen LogP contribution in [0.15, 0.2) is 47.4 Å². The molecule has 0 aliphatic carbocycles. The van der Waals surface area contributed by atoms with Crippen molar-refractivity contribution in [1.82, 2.24) is 10.0 Å². The second-order valence-corrected chi connectivity index (χ2v) is 8.65. The molecule has 2 aromatic carbocycles. The summed E-state index contributed by atoms with van der Waals surface area (Å²) in [5.41, 5.74) is 1.25. The minimum Gasteiger partial charge on any atom is -0.454 e. The fourth-order valence-electron chi connectivity index (χ4n) is 3.21. The van der Waals surface area contributed by atoms with Crippen LogP contribution in [0.2, 0.25) is 0 Å². The molecule has 8 nitrogen and oxygen atoms in total. The summed E-state index contributed by atoms with van der Waals surface area (Å²) >= 11 is 0. The smallest absolute Gasteiger partial charge is 0.251 e. The second-order valence-electron chi connectivity index (χ2n) is 6.88. The van der Waals surface area contributed by atoms with Gasteiger partial charge in [0, 0.05) is 25.3 Å². The quantitative estimate of drug-likeness (QED) is 0.711. The first-order chi connectivity index (χ1) is 14.0. The number of sulfonamides is 1. The van der Waals surface area contributed by atoms with Crippen LogP contribution in [0.5, 0.6) is 11.5 Å². The molecule has 9 heteroatoms. The number of benzene rings is 2. The molecule has 1 saturated heterocycles. The van der Waals surface area contributed by atoms with Crippen molar-refractivity contribution in [3.05, 3.63) is 53.6 Å². The Balaban J connectivity index is 1.33. The first-order valence-corrected chi connectivity index (χ1v) is 10.9. The molecule has 0 saturated carbocycles. The van der Waals surface area contributed by atoms with E-state index in [4.69, 9.17) is 14.2 Å². The normalized spacial score (nSPS) is 18.0. The minimum atomic E-state index is -3.64. The summed E-state index contributed by atoms with van der Waals surface area (Å²) < 4.78 is 43.3. The molecule has 29 heavy (non-hydrogen) atoms. The molecule has 4 rings (SSSR count). The highest BCUT2D eigenvalue weighted by molar-refractivity contribution is 7.89. The summed E-state index contributed by atoms with van der Waals surface area (Å²) in [6.45, 7) is 1.43. The summed E-state index contributed by atoms with van der Waals surface area (Å²) in [5.74, 6) is 1.05. The Hall–Kier alpha value is -2.62. The highest BCUT2D eigenvalue weighted by Gasteiger charge is 2.20. The zero-order valence-electron chi connectivity index (χ0n) is 15.7. The minimum absolute atomic E-state index is 0.0778. The van der Waals surface area contributed by atoms with Crippen LogP contribution in [0.3, 0.4) is 0 Å². The molecule has 2 aliphatic rings. The van der Waals surface area contributed by atoms with E-state index in [9.17, 15) is 13.2 Å². The van der Waals surface area contributed by atoms with Crippen molar-refractivity contribution in [1.29, 1.82) is 0 Å². The third kappa shape index (κ3) is 4.69. The van der Waals surface area contributed by atoms with E-state index in [0.29, 0.717) is 30.2 Å². The van der Waals surface area contributed by atoms with Crippen molar-refractivity contribution in [2.75, 3.05) is 19.9 Å². The van der Waals surface area contributed by atoms with E-state index in [1.54, 1.807) is 6.07 Å². The average Bonchev–Trinajstić information content (AvgIpc) is 3.42. The molecule has 0 aromatic heterocycles. The number of fused-ring (bicyclic) bond motifs is 1. The van der Waals surface area contributed by atoms with Crippen LogP contribution in [-0.4, -0.2) is 40.4 Å². The van der Waals surface area contributed by atoms with Crippen LogP contribution in [0.25, 0.3) is 0 Å². The maximum Gasteiger partial charge on any atom is 0.251 e. The molecule has 0 radical (unpaired) electrons. The van der Waals surface area contributed by atoms with E-state index in [0.717, 1.165) is 18.4 Å². The van der Waals surface area contributed by atoms with Crippen molar-refractivity contribution >= 4 is 15.9 Å². The zero-order valence-corrected chi connectivity index (χ0v) is 16.5. The Kier molecular flexibility index (Phi) is 5.70. The fraction of sp³-hybridized carbons (Fsp3) is 0.350. The van der Waals surface area contributed by atoms with E-state index in [1.807, 2.05) is 12.1 Å². The topological polar surface area (TPSA) is 103 Å². The Morgan fingerprint density at radius 3 is 2.62 bits per heavy atom. The number of ether oxygens (including phenoxy) is 3. The van der Waals surface area contributed by atoms with Gasteiger partial charge in [0.05, 0.1) is 11.0 Å². The third-order valence-electron chi connectivity index (χ3n) is 4.84. The monoisotopic (exact) mass is 418 g/mol. The van der Waals surface area contributed by atoms with Crippen LogP contribution in [0.4, 0.5) is 0 Å². The summed E-state index contributed by atoms with van der Waals surface area (Å²) in [4.78, 5) is 12.5. The number of hydrogen-bond donors (Lipinski definition) is 2. The summed E-state index contributed by atoms with van der Waals surface area (Å²) in [5, 5.41) is 2.81. The SMILES string of the molecule is O=C(NCc1ccc2c(c1)OCO2)c1ccc(S(=O)(=O)NC[C@H]2CCCO2)cc1. The second kappa shape index (κ2) is 8.40. The highest BCUT2D eigenvalue weighted by atomic mass is 32.2. The van der Waals surface area contributed by atoms with Crippen LogP contribution in [0.1, 0.15) is 28.8 Å². The molecule has 1 amide bonds. The van der Waals surface area contributed by atoms with Crippen molar-refractivity contribution in [3.8, 4) is 11.5 Å². The number of nitrogens with one attached hydrogen (secondary N) is 2. The Bertz CT molecular complexity index is 985. The molecule has 2 aliphatic heterocycles. The Morgan fingerprint density at radius 1 is 1.07 bits per heavy atom. The van der Waals surface area contributed by atoms with Crippen LogP contribution >= 0.6 is 0 Å². The molecule has 2 N–H and O–H groups in total.